The highest BCUT2D eigenvalue weighted by molar-refractivity contribution is 4.60. The molecule has 0 aromatic heterocycles. The molecule has 0 saturated carbocycles. The summed E-state index contributed by atoms with van der Waals surface area (Å²) < 4.78 is 0. The first-order chi connectivity index (χ1) is 4.91. The molecule has 0 aromatic rings. The number of unbranched alkanes of at least 4 members (excludes halogenated alkanes) is 7. The monoisotopic (exact) mass is 140 g/mol. The van der Waals surface area contributed by atoms with Gasteiger partial charge < -0.3 is 0 Å². The summed E-state index contributed by atoms with van der Waals surface area (Å²) >= 11 is 0. The minimum atomic E-state index is 1.11. The van der Waals surface area contributed by atoms with Crippen LogP contribution in [0.25, 0.3) is 0 Å². The molecule has 0 bridgehead atoms. The maximum atomic E-state index is 3.81. The molecular weight excluding hydrogens is 120 g/mol. The Balaban J connectivity index is 2.65. The van der Waals surface area contributed by atoms with Crippen molar-refractivity contribution in [3.63, 3.8) is 0 Å². The third kappa shape index (κ3) is 8.00. The van der Waals surface area contributed by atoms with Gasteiger partial charge in [0.2, 0.25) is 0 Å². The van der Waals surface area contributed by atoms with E-state index >= 15 is 0 Å². The van der Waals surface area contributed by atoms with Crippen LogP contribution in [-0.4, -0.2) is 0 Å². The van der Waals surface area contributed by atoms with Crippen molar-refractivity contribution in [1.82, 2.24) is 0 Å². The molecular formula is C10H20. The summed E-state index contributed by atoms with van der Waals surface area (Å²) in [6.45, 7) is 6.02. The average molecular weight is 140 g/mol. The molecule has 10 heavy (non-hydrogen) atoms. The molecule has 0 spiro atoms. The molecule has 0 heteroatoms. The van der Waals surface area contributed by atoms with Gasteiger partial charge in [-0.25, -0.2) is 0 Å². The smallest absolute Gasteiger partial charge is 0.0389 e. The van der Waals surface area contributed by atoms with E-state index in [0.29, 0.717) is 0 Å². The van der Waals surface area contributed by atoms with Gasteiger partial charge in [0, 0.05) is 0 Å². The SMILES string of the molecule is [CH2]CCCCCC[CH]CC. The maximum Gasteiger partial charge on any atom is -0.0389 e. The zero-order valence-electron chi connectivity index (χ0n) is 7.23. The molecule has 0 nitrogen and oxygen atoms in total. The van der Waals surface area contributed by atoms with Crippen LogP contribution in [0.2, 0.25) is 0 Å². The van der Waals surface area contributed by atoms with Gasteiger partial charge in [-0.2, -0.15) is 0 Å². The maximum absolute atomic E-state index is 3.81. The zero-order chi connectivity index (χ0) is 7.66. The van der Waals surface area contributed by atoms with Crippen molar-refractivity contribution in [3.05, 3.63) is 13.3 Å². The number of hydrogen-bond donors (Lipinski definition) is 0. The van der Waals surface area contributed by atoms with E-state index in [2.05, 4.69) is 20.3 Å². The van der Waals surface area contributed by atoms with Gasteiger partial charge in [0.05, 0.1) is 0 Å². The molecule has 0 fully saturated rings. The molecule has 0 N–H and O–H groups in total. The van der Waals surface area contributed by atoms with Gasteiger partial charge in [-0.1, -0.05) is 58.8 Å². The van der Waals surface area contributed by atoms with Gasteiger partial charge in [-0.05, 0) is 6.42 Å². The zero-order valence-corrected chi connectivity index (χ0v) is 7.23. The topological polar surface area (TPSA) is 0 Å². The molecule has 0 aliphatic rings. The van der Waals surface area contributed by atoms with Gasteiger partial charge in [-0.3, -0.25) is 0 Å². The molecule has 0 heterocycles. The lowest BCUT2D eigenvalue weighted by Crippen LogP contribution is -1.78. The van der Waals surface area contributed by atoms with E-state index < -0.39 is 0 Å². The van der Waals surface area contributed by atoms with Gasteiger partial charge in [-0.15, -0.1) is 0 Å². The largest absolute Gasteiger partial charge is 0.0651 e. The highest BCUT2D eigenvalue weighted by atomic mass is 13.9. The first kappa shape index (κ1) is 10.0. The minimum Gasteiger partial charge on any atom is -0.0651 e. The fraction of sp³-hybridized carbons (Fsp3) is 0.800. The molecule has 0 aliphatic heterocycles. The average Bonchev–Trinajstić information content (AvgIpc) is 1.97. The first-order valence-electron chi connectivity index (χ1n) is 4.52. The van der Waals surface area contributed by atoms with E-state index in [4.69, 9.17) is 0 Å². The van der Waals surface area contributed by atoms with E-state index in [1.54, 1.807) is 0 Å². The number of rotatable bonds is 7. The summed E-state index contributed by atoms with van der Waals surface area (Å²) in [6.07, 6.45) is 11.5. The predicted octanol–water partition coefficient (Wildman–Crippen LogP) is 3.78. The summed E-state index contributed by atoms with van der Waals surface area (Å²) in [5.41, 5.74) is 0. The van der Waals surface area contributed by atoms with Crippen molar-refractivity contribution in [3.8, 4) is 0 Å². The summed E-state index contributed by atoms with van der Waals surface area (Å²) in [4.78, 5) is 0. The summed E-state index contributed by atoms with van der Waals surface area (Å²) in [5.74, 6) is 0. The predicted molar refractivity (Wildman–Crippen MR) is 47.7 cm³/mol. The molecule has 60 valence electrons. The third-order valence-electron chi connectivity index (χ3n) is 1.70. The van der Waals surface area contributed by atoms with E-state index in [1.807, 2.05) is 0 Å². The van der Waals surface area contributed by atoms with E-state index in [-0.39, 0.29) is 0 Å². The Morgan fingerprint density at radius 1 is 1.10 bits per heavy atom. The lowest BCUT2D eigenvalue weighted by molar-refractivity contribution is 0.636. The standard InChI is InChI=1S/C10H20/c1-3-5-7-9-10-8-6-4-2/h6H,1,3-5,7-10H2,2H3. The van der Waals surface area contributed by atoms with E-state index in [1.165, 1.54) is 38.5 Å². The highest BCUT2D eigenvalue weighted by Crippen LogP contribution is 2.06. The summed E-state index contributed by atoms with van der Waals surface area (Å²) in [6, 6.07) is 0. The molecule has 0 aliphatic carbocycles. The second-order valence-corrected chi connectivity index (χ2v) is 2.75. The summed E-state index contributed by atoms with van der Waals surface area (Å²) in [5, 5.41) is 0. The van der Waals surface area contributed by atoms with E-state index in [9.17, 15) is 0 Å². The lowest BCUT2D eigenvalue weighted by atomic mass is 10.1. The van der Waals surface area contributed by atoms with Crippen molar-refractivity contribution >= 4 is 0 Å². The van der Waals surface area contributed by atoms with Gasteiger partial charge >= 0.3 is 0 Å². The van der Waals surface area contributed by atoms with Crippen molar-refractivity contribution < 1.29 is 0 Å². The fourth-order valence-electron chi connectivity index (χ4n) is 1.02. The molecule has 0 amide bonds. The Hall–Kier alpha value is 0. The van der Waals surface area contributed by atoms with E-state index in [0.717, 1.165) is 6.42 Å². The Kier molecular flexibility index (Phi) is 9.00. The summed E-state index contributed by atoms with van der Waals surface area (Å²) in [7, 11) is 0. The van der Waals surface area contributed by atoms with Gasteiger partial charge in [0.1, 0.15) is 0 Å². The van der Waals surface area contributed by atoms with Crippen LogP contribution in [0.4, 0.5) is 0 Å². The van der Waals surface area contributed by atoms with Crippen LogP contribution in [0.5, 0.6) is 0 Å². The molecule has 0 rings (SSSR count). The van der Waals surface area contributed by atoms with Crippen molar-refractivity contribution in [2.75, 3.05) is 0 Å². The first-order valence-corrected chi connectivity index (χ1v) is 4.52. The van der Waals surface area contributed by atoms with Crippen LogP contribution in [0.15, 0.2) is 0 Å². The molecule has 0 unspecified atom stereocenters. The molecule has 0 atom stereocenters. The van der Waals surface area contributed by atoms with Crippen molar-refractivity contribution in [1.29, 1.82) is 0 Å². The quantitative estimate of drug-likeness (QED) is 0.472. The molecule has 0 aromatic carbocycles. The highest BCUT2D eigenvalue weighted by Gasteiger charge is 1.87. The second-order valence-electron chi connectivity index (χ2n) is 2.75. The molecule has 2 radical (unpaired) electrons. The third-order valence-corrected chi connectivity index (χ3v) is 1.70. The van der Waals surface area contributed by atoms with Crippen LogP contribution >= 0.6 is 0 Å². The van der Waals surface area contributed by atoms with Crippen LogP contribution in [0.3, 0.4) is 0 Å². The van der Waals surface area contributed by atoms with Crippen molar-refractivity contribution in [2.45, 2.75) is 51.9 Å². The van der Waals surface area contributed by atoms with Crippen LogP contribution in [0.1, 0.15) is 51.9 Å². The van der Waals surface area contributed by atoms with Crippen molar-refractivity contribution in [2.24, 2.45) is 0 Å². The minimum absolute atomic E-state index is 1.11. The Morgan fingerprint density at radius 2 is 1.80 bits per heavy atom. The second kappa shape index (κ2) is 9.00. The molecule has 0 saturated heterocycles. The van der Waals surface area contributed by atoms with Crippen LogP contribution in [-0.2, 0) is 0 Å². The Labute approximate surface area is 66.0 Å². The fourth-order valence-corrected chi connectivity index (χ4v) is 1.02. The van der Waals surface area contributed by atoms with Crippen LogP contribution in [0, 0.1) is 13.3 Å². The van der Waals surface area contributed by atoms with Gasteiger partial charge in [0.15, 0.2) is 0 Å². The Bertz CT molecular complexity index is 40.0. The lowest BCUT2D eigenvalue weighted by Gasteiger charge is -1.97. The van der Waals surface area contributed by atoms with Gasteiger partial charge in [0.25, 0.3) is 0 Å². The normalized spacial score (nSPS) is 10.2. The Morgan fingerprint density at radius 3 is 2.40 bits per heavy atom. The number of hydrogen-bond acceptors (Lipinski definition) is 0. The van der Waals surface area contributed by atoms with Crippen LogP contribution < -0.4 is 0 Å².